The quantitative estimate of drug-likeness (QED) is 0.557. The summed E-state index contributed by atoms with van der Waals surface area (Å²) in [7, 11) is 1.79. The van der Waals surface area contributed by atoms with Crippen molar-refractivity contribution in [3.8, 4) is 17.2 Å². The van der Waals surface area contributed by atoms with E-state index in [0.717, 1.165) is 28.2 Å². The zero-order valence-corrected chi connectivity index (χ0v) is 14.1. The van der Waals surface area contributed by atoms with Crippen LogP contribution in [0.4, 0.5) is 0 Å². The maximum atomic E-state index is 12.6. The van der Waals surface area contributed by atoms with Gasteiger partial charge in [0.25, 0.3) is 0 Å². The van der Waals surface area contributed by atoms with E-state index >= 15 is 0 Å². The normalized spacial score (nSPS) is 11.0. The summed E-state index contributed by atoms with van der Waals surface area (Å²) in [5.41, 5.74) is 3.75. The fourth-order valence-electron chi connectivity index (χ4n) is 2.95. The van der Waals surface area contributed by atoms with Crippen molar-refractivity contribution in [3.63, 3.8) is 0 Å². The van der Waals surface area contributed by atoms with E-state index in [4.69, 9.17) is 4.74 Å². The lowest BCUT2D eigenvalue weighted by atomic mass is 10.2. The molecule has 0 spiro atoms. The van der Waals surface area contributed by atoms with Gasteiger partial charge >= 0.3 is 5.69 Å². The molecule has 1 heterocycles. The van der Waals surface area contributed by atoms with Crippen LogP contribution in [-0.4, -0.2) is 9.13 Å². The Labute approximate surface area is 145 Å². The summed E-state index contributed by atoms with van der Waals surface area (Å²) >= 11 is 0. The topological polar surface area (TPSA) is 36.2 Å². The van der Waals surface area contributed by atoms with Crippen molar-refractivity contribution in [1.82, 2.24) is 9.13 Å². The highest BCUT2D eigenvalue weighted by Crippen LogP contribution is 2.24. The molecule has 3 aromatic carbocycles. The molecule has 0 radical (unpaired) electrons. The first-order valence-electron chi connectivity index (χ1n) is 8.15. The molecule has 0 N–H and O–H groups in total. The number of imidazole rings is 1. The lowest BCUT2D eigenvalue weighted by molar-refractivity contribution is 0.482. The molecule has 0 aliphatic rings. The highest BCUT2D eigenvalue weighted by Gasteiger charge is 2.11. The van der Waals surface area contributed by atoms with E-state index in [-0.39, 0.29) is 5.69 Å². The molecule has 4 heteroatoms. The van der Waals surface area contributed by atoms with Crippen LogP contribution in [0.15, 0.2) is 77.6 Å². The highest BCUT2D eigenvalue weighted by atomic mass is 16.5. The summed E-state index contributed by atoms with van der Waals surface area (Å²) in [4.78, 5) is 12.6. The predicted molar refractivity (Wildman–Crippen MR) is 99.8 cm³/mol. The van der Waals surface area contributed by atoms with E-state index in [1.165, 1.54) is 5.56 Å². The molecule has 124 valence electrons. The van der Waals surface area contributed by atoms with E-state index in [9.17, 15) is 4.79 Å². The van der Waals surface area contributed by atoms with Gasteiger partial charge in [-0.15, -0.1) is 0 Å². The van der Waals surface area contributed by atoms with Crippen molar-refractivity contribution in [2.24, 2.45) is 7.05 Å². The zero-order valence-electron chi connectivity index (χ0n) is 14.1. The van der Waals surface area contributed by atoms with Crippen molar-refractivity contribution in [2.75, 3.05) is 0 Å². The molecule has 4 nitrogen and oxygen atoms in total. The van der Waals surface area contributed by atoms with Crippen LogP contribution in [0.1, 0.15) is 5.56 Å². The summed E-state index contributed by atoms with van der Waals surface area (Å²) in [6.45, 7) is 2.04. The van der Waals surface area contributed by atoms with Crippen LogP contribution in [0.25, 0.3) is 16.7 Å². The Kier molecular flexibility index (Phi) is 3.65. The molecular formula is C21H18N2O2. The first-order valence-corrected chi connectivity index (χ1v) is 8.15. The van der Waals surface area contributed by atoms with Gasteiger partial charge in [0.05, 0.1) is 16.7 Å². The second-order valence-electron chi connectivity index (χ2n) is 6.07. The number of aromatic nitrogens is 2. The van der Waals surface area contributed by atoms with Crippen LogP contribution >= 0.6 is 0 Å². The second kappa shape index (κ2) is 5.98. The maximum Gasteiger partial charge on any atom is 0.333 e. The van der Waals surface area contributed by atoms with Crippen LogP contribution in [0.2, 0.25) is 0 Å². The van der Waals surface area contributed by atoms with Gasteiger partial charge in [0.2, 0.25) is 0 Å². The fourth-order valence-corrected chi connectivity index (χ4v) is 2.95. The number of hydrogen-bond donors (Lipinski definition) is 0. The second-order valence-corrected chi connectivity index (χ2v) is 6.07. The molecule has 4 aromatic rings. The number of nitrogens with zero attached hydrogens (tertiary/aromatic N) is 2. The first kappa shape index (κ1) is 15.3. The van der Waals surface area contributed by atoms with Crippen LogP contribution < -0.4 is 10.4 Å². The summed E-state index contributed by atoms with van der Waals surface area (Å²) in [5.74, 6) is 1.53. The average molecular weight is 330 g/mol. The van der Waals surface area contributed by atoms with Crippen molar-refractivity contribution in [3.05, 3.63) is 88.8 Å². The van der Waals surface area contributed by atoms with Gasteiger partial charge in [0.15, 0.2) is 0 Å². The number of aryl methyl sites for hydroxylation is 2. The molecule has 0 saturated heterocycles. The van der Waals surface area contributed by atoms with Gasteiger partial charge in [-0.3, -0.25) is 9.13 Å². The standard InChI is InChI=1S/C21H18N2O2/c1-15-7-11-17(12-8-15)25-18-13-9-16(10-14-18)23-20-6-4-3-5-19(20)22(2)21(23)24/h3-14H,1-2H3. The summed E-state index contributed by atoms with van der Waals surface area (Å²) in [5, 5.41) is 0. The van der Waals surface area contributed by atoms with Gasteiger partial charge in [-0.2, -0.15) is 0 Å². The number of ether oxygens (including phenoxy) is 1. The number of para-hydroxylation sites is 2. The fraction of sp³-hybridized carbons (Fsp3) is 0.0952. The maximum absolute atomic E-state index is 12.6. The van der Waals surface area contributed by atoms with Crippen molar-refractivity contribution < 1.29 is 4.74 Å². The minimum atomic E-state index is -0.0617. The molecule has 25 heavy (non-hydrogen) atoms. The Morgan fingerprint density at radius 3 is 1.96 bits per heavy atom. The smallest absolute Gasteiger partial charge is 0.333 e. The molecule has 0 saturated carbocycles. The molecule has 0 amide bonds. The van der Waals surface area contributed by atoms with E-state index in [1.807, 2.05) is 79.7 Å². The first-order chi connectivity index (χ1) is 12.1. The van der Waals surface area contributed by atoms with Crippen molar-refractivity contribution in [2.45, 2.75) is 6.92 Å². The van der Waals surface area contributed by atoms with Gasteiger partial charge < -0.3 is 4.74 Å². The van der Waals surface area contributed by atoms with Crippen LogP contribution in [0.5, 0.6) is 11.5 Å². The summed E-state index contributed by atoms with van der Waals surface area (Å²) in [6, 6.07) is 23.2. The minimum absolute atomic E-state index is 0.0617. The predicted octanol–water partition coefficient (Wildman–Crippen LogP) is 4.43. The van der Waals surface area contributed by atoms with E-state index < -0.39 is 0 Å². The zero-order chi connectivity index (χ0) is 17.4. The Morgan fingerprint density at radius 1 is 0.760 bits per heavy atom. The monoisotopic (exact) mass is 330 g/mol. The molecule has 0 unspecified atom stereocenters. The van der Waals surface area contributed by atoms with Gasteiger partial charge in [-0.25, -0.2) is 4.79 Å². The van der Waals surface area contributed by atoms with Gasteiger partial charge in [-0.1, -0.05) is 29.8 Å². The van der Waals surface area contributed by atoms with Crippen LogP contribution in [-0.2, 0) is 7.05 Å². The third-order valence-electron chi connectivity index (χ3n) is 4.31. The molecule has 0 bridgehead atoms. The highest BCUT2D eigenvalue weighted by molar-refractivity contribution is 5.78. The lowest BCUT2D eigenvalue weighted by Crippen LogP contribution is -2.20. The van der Waals surface area contributed by atoms with Gasteiger partial charge in [-0.05, 0) is 55.5 Å². The number of rotatable bonds is 3. The minimum Gasteiger partial charge on any atom is -0.457 e. The molecule has 0 aliphatic heterocycles. The molecule has 0 fully saturated rings. The van der Waals surface area contributed by atoms with E-state index in [1.54, 1.807) is 16.2 Å². The molecular weight excluding hydrogens is 312 g/mol. The summed E-state index contributed by atoms with van der Waals surface area (Å²) in [6.07, 6.45) is 0. The molecule has 0 atom stereocenters. The van der Waals surface area contributed by atoms with Crippen LogP contribution in [0, 0.1) is 6.92 Å². The van der Waals surface area contributed by atoms with Gasteiger partial charge in [0, 0.05) is 7.05 Å². The molecule has 4 rings (SSSR count). The largest absolute Gasteiger partial charge is 0.457 e. The van der Waals surface area contributed by atoms with E-state index in [0.29, 0.717) is 0 Å². The van der Waals surface area contributed by atoms with Crippen molar-refractivity contribution in [1.29, 1.82) is 0 Å². The summed E-state index contributed by atoms with van der Waals surface area (Å²) < 4.78 is 9.23. The Hall–Kier alpha value is -3.27. The van der Waals surface area contributed by atoms with E-state index in [2.05, 4.69) is 0 Å². The van der Waals surface area contributed by atoms with Crippen LogP contribution in [0.3, 0.4) is 0 Å². The third kappa shape index (κ3) is 2.72. The average Bonchev–Trinajstić information content (AvgIpc) is 2.89. The van der Waals surface area contributed by atoms with Gasteiger partial charge in [0.1, 0.15) is 11.5 Å². The molecule has 1 aromatic heterocycles. The molecule has 0 aliphatic carbocycles. The third-order valence-corrected chi connectivity index (χ3v) is 4.31. The van der Waals surface area contributed by atoms with Crippen molar-refractivity contribution >= 4 is 11.0 Å². The Morgan fingerprint density at radius 2 is 1.32 bits per heavy atom. The lowest BCUT2D eigenvalue weighted by Gasteiger charge is -2.08. The number of benzene rings is 3. The number of fused-ring (bicyclic) bond motifs is 1. The Balaban J connectivity index is 1.70. The number of hydrogen-bond acceptors (Lipinski definition) is 2. The SMILES string of the molecule is Cc1ccc(Oc2ccc(-n3c(=O)n(C)c4ccccc43)cc2)cc1. The Bertz CT molecular complexity index is 1090.